The maximum Gasteiger partial charge on any atom is 0.266 e. The number of amides is 1. The van der Waals surface area contributed by atoms with Crippen LogP contribution in [0.3, 0.4) is 0 Å². The van der Waals surface area contributed by atoms with Gasteiger partial charge in [-0.2, -0.15) is 0 Å². The van der Waals surface area contributed by atoms with Crippen molar-refractivity contribution < 1.29 is 4.79 Å². The van der Waals surface area contributed by atoms with Crippen molar-refractivity contribution in [3.05, 3.63) is 58.2 Å². The number of nitrogen functional groups attached to an aromatic ring is 1. The zero-order valence-electron chi connectivity index (χ0n) is 13.2. The molecule has 2 aromatic rings. The quantitative estimate of drug-likeness (QED) is 0.501. The number of rotatable bonds is 2. The number of likely N-dealkylation sites (N-methyl/N-ethyl adjacent to an activating group) is 1. The van der Waals surface area contributed by atoms with Crippen LogP contribution < -0.4 is 5.73 Å². The van der Waals surface area contributed by atoms with Crippen LogP contribution >= 0.6 is 23.4 Å². The molecule has 1 aromatic carbocycles. The number of aliphatic imine (C=N–C) groups is 1. The highest BCUT2D eigenvalue weighted by Crippen LogP contribution is 2.37. The Kier molecular flexibility index (Phi) is 4.59. The minimum absolute atomic E-state index is 0.0897. The molecule has 122 valence electrons. The lowest BCUT2D eigenvalue weighted by molar-refractivity contribution is -0.121. The fraction of sp³-hybridized carbons (Fsp3) is 0.118. The van der Waals surface area contributed by atoms with Crippen molar-refractivity contribution in [2.75, 3.05) is 12.8 Å². The molecule has 7 heteroatoms. The van der Waals surface area contributed by atoms with Crippen molar-refractivity contribution in [2.45, 2.75) is 6.92 Å². The van der Waals surface area contributed by atoms with Gasteiger partial charge in [-0.25, -0.2) is 9.98 Å². The third-order valence-corrected chi connectivity index (χ3v) is 5.14. The fourth-order valence-electron chi connectivity index (χ4n) is 2.21. The largest absolute Gasteiger partial charge is 0.399 e. The van der Waals surface area contributed by atoms with Crippen LogP contribution in [-0.4, -0.2) is 28.0 Å². The number of carbonyl (C=O) groups is 1. The van der Waals surface area contributed by atoms with Gasteiger partial charge in [-0.15, -0.1) is 0 Å². The van der Waals surface area contributed by atoms with Gasteiger partial charge in [0.2, 0.25) is 0 Å². The van der Waals surface area contributed by atoms with E-state index < -0.39 is 0 Å². The molecule has 2 N–H and O–H groups in total. The van der Waals surface area contributed by atoms with Crippen LogP contribution in [0.4, 0.5) is 11.4 Å². The molecular formula is C17H15ClN4OS. The Bertz CT molecular complexity index is 861. The van der Waals surface area contributed by atoms with Gasteiger partial charge in [-0.1, -0.05) is 23.7 Å². The Morgan fingerprint density at radius 1 is 1.29 bits per heavy atom. The molecule has 0 atom stereocenters. The molecule has 3 rings (SSSR count). The van der Waals surface area contributed by atoms with E-state index in [-0.39, 0.29) is 5.91 Å². The number of amidine groups is 1. The number of thioether (sulfide) groups is 1. The predicted molar refractivity (Wildman–Crippen MR) is 100 cm³/mol. The van der Waals surface area contributed by atoms with Gasteiger partial charge in [0.1, 0.15) is 5.69 Å². The van der Waals surface area contributed by atoms with Crippen molar-refractivity contribution >= 4 is 51.4 Å². The van der Waals surface area contributed by atoms with E-state index in [4.69, 9.17) is 17.3 Å². The van der Waals surface area contributed by atoms with Crippen molar-refractivity contribution in [2.24, 2.45) is 4.99 Å². The zero-order valence-corrected chi connectivity index (χ0v) is 14.7. The molecule has 5 nitrogen and oxygen atoms in total. The highest BCUT2D eigenvalue weighted by Gasteiger charge is 2.32. The lowest BCUT2D eigenvalue weighted by Gasteiger charge is -2.07. The molecule has 0 unspecified atom stereocenters. The first-order chi connectivity index (χ1) is 11.5. The number of anilines is 1. The summed E-state index contributed by atoms with van der Waals surface area (Å²) < 4.78 is 0. The summed E-state index contributed by atoms with van der Waals surface area (Å²) in [4.78, 5) is 23.2. The first kappa shape index (κ1) is 16.5. The van der Waals surface area contributed by atoms with Gasteiger partial charge >= 0.3 is 0 Å². The lowest BCUT2D eigenvalue weighted by Crippen LogP contribution is -2.23. The van der Waals surface area contributed by atoms with Gasteiger partial charge in [0.15, 0.2) is 10.3 Å². The van der Waals surface area contributed by atoms with E-state index in [2.05, 4.69) is 9.98 Å². The van der Waals surface area contributed by atoms with Crippen molar-refractivity contribution in [1.82, 2.24) is 9.88 Å². The molecule has 1 aliphatic rings. The third kappa shape index (κ3) is 3.16. The second-order valence-electron chi connectivity index (χ2n) is 5.25. The van der Waals surface area contributed by atoms with Crippen molar-refractivity contribution in [1.29, 1.82) is 0 Å². The Balaban J connectivity index is 1.98. The summed E-state index contributed by atoms with van der Waals surface area (Å²) in [5.41, 5.74) is 8.78. The minimum Gasteiger partial charge on any atom is -0.399 e. The average molecular weight is 359 g/mol. The summed E-state index contributed by atoms with van der Waals surface area (Å²) in [7, 11) is 1.70. The van der Waals surface area contributed by atoms with E-state index in [1.165, 1.54) is 16.7 Å². The van der Waals surface area contributed by atoms with Gasteiger partial charge in [0.05, 0.1) is 4.91 Å². The standard InChI is InChI=1S/C17H15ClN4OS/c1-10(11-5-7-12(19)8-6-11)14-16(23)22(2)17(24-14)21-13-4-3-9-20-15(13)18/h3-9H,19H2,1-2H3/b14-10-,21-17?. The number of allylic oxidation sites excluding steroid dienone is 1. The molecule has 1 amide bonds. The summed E-state index contributed by atoms with van der Waals surface area (Å²) in [6, 6.07) is 10.9. The van der Waals surface area contributed by atoms with Gasteiger partial charge in [0, 0.05) is 18.9 Å². The number of hydrogen-bond acceptors (Lipinski definition) is 5. The monoisotopic (exact) mass is 358 g/mol. The van der Waals surface area contributed by atoms with E-state index in [0.717, 1.165) is 11.1 Å². The SMILES string of the molecule is C/C(=C1/SC(=Nc2cccnc2Cl)N(C)C1=O)c1ccc(N)cc1. The molecule has 0 radical (unpaired) electrons. The third-order valence-electron chi connectivity index (χ3n) is 3.62. The number of benzene rings is 1. The van der Waals surface area contributed by atoms with Crippen LogP contribution in [0.1, 0.15) is 12.5 Å². The predicted octanol–water partition coefficient (Wildman–Crippen LogP) is 3.94. The van der Waals surface area contributed by atoms with Crippen molar-refractivity contribution in [3.63, 3.8) is 0 Å². The summed E-state index contributed by atoms with van der Waals surface area (Å²) >= 11 is 7.37. The maximum absolute atomic E-state index is 12.6. The van der Waals surface area contributed by atoms with Gasteiger partial charge < -0.3 is 5.73 Å². The molecule has 0 bridgehead atoms. The summed E-state index contributed by atoms with van der Waals surface area (Å²) in [5.74, 6) is -0.0897. The molecule has 1 aromatic heterocycles. The Hall–Kier alpha value is -2.31. The maximum atomic E-state index is 12.6. The van der Waals surface area contributed by atoms with Gasteiger partial charge in [-0.3, -0.25) is 9.69 Å². The van der Waals surface area contributed by atoms with Crippen LogP contribution in [0.2, 0.25) is 5.15 Å². The lowest BCUT2D eigenvalue weighted by atomic mass is 10.1. The second-order valence-corrected chi connectivity index (χ2v) is 6.59. The molecule has 0 aliphatic carbocycles. The van der Waals surface area contributed by atoms with E-state index >= 15 is 0 Å². The zero-order chi connectivity index (χ0) is 17.3. The number of nitrogens with two attached hydrogens (primary N) is 1. The summed E-state index contributed by atoms with van der Waals surface area (Å²) in [6.07, 6.45) is 1.60. The molecule has 0 spiro atoms. The van der Waals surface area contributed by atoms with Crippen molar-refractivity contribution in [3.8, 4) is 0 Å². The molecule has 24 heavy (non-hydrogen) atoms. The van der Waals surface area contributed by atoms with E-state index in [9.17, 15) is 4.79 Å². The van der Waals surface area contributed by atoms with E-state index in [0.29, 0.717) is 26.6 Å². The molecular weight excluding hydrogens is 344 g/mol. The first-order valence-corrected chi connectivity index (χ1v) is 8.38. The minimum atomic E-state index is -0.0897. The van der Waals surface area contributed by atoms with Crippen LogP contribution in [-0.2, 0) is 4.79 Å². The molecule has 1 fully saturated rings. The van der Waals surface area contributed by atoms with Crippen LogP contribution in [0.5, 0.6) is 0 Å². The number of pyridine rings is 1. The summed E-state index contributed by atoms with van der Waals surface area (Å²) in [5, 5.41) is 0.874. The van der Waals surface area contributed by atoms with Crippen LogP contribution in [0.15, 0.2) is 52.5 Å². The Morgan fingerprint density at radius 2 is 2.00 bits per heavy atom. The van der Waals surface area contributed by atoms with E-state index in [1.54, 1.807) is 25.4 Å². The highest BCUT2D eigenvalue weighted by molar-refractivity contribution is 8.18. The Labute approximate surface area is 149 Å². The molecule has 1 aliphatic heterocycles. The van der Waals surface area contributed by atoms with Crippen LogP contribution in [0.25, 0.3) is 5.57 Å². The molecule has 0 saturated carbocycles. The van der Waals surface area contributed by atoms with E-state index in [1.807, 2.05) is 31.2 Å². The number of halogens is 1. The highest BCUT2D eigenvalue weighted by atomic mass is 35.5. The number of aromatic nitrogens is 1. The number of nitrogens with zero attached hydrogens (tertiary/aromatic N) is 3. The van der Waals surface area contributed by atoms with Gasteiger partial charge in [0.25, 0.3) is 5.91 Å². The molecule has 2 heterocycles. The topological polar surface area (TPSA) is 71.6 Å². The number of hydrogen-bond donors (Lipinski definition) is 1. The van der Waals surface area contributed by atoms with Crippen LogP contribution in [0, 0.1) is 0 Å². The first-order valence-electron chi connectivity index (χ1n) is 7.19. The fourth-order valence-corrected chi connectivity index (χ4v) is 3.41. The smallest absolute Gasteiger partial charge is 0.266 e. The van der Waals surface area contributed by atoms with Gasteiger partial charge in [-0.05, 0) is 54.1 Å². The second kappa shape index (κ2) is 6.67. The normalized spacial score (nSPS) is 18.4. The average Bonchev–Trinajstić information content (AvgIpc) is 2.85. The summed E-state index contributed by atoms with van der Waals surface area (Å²) in [6.45, 7) is 1.92. The molecule has 1 saturated heterocycles. The number of carbonyl (C=O) groups excluding carboxylic acids is 1. The Morgan fingerprint density at radius 3 is 2.67 bits per heavy atom.